The molecule has 0 radical (unpaired) electrons. The average molecular weight is 424 g/mol. The molecule has 0 aliphatic rings. The molecule has 0 atom stereocenters. The van der Waals surface area contributed by atoms with Gasteiger partial charge in [-0.05, 0) is 34.1 Å². The molecule has 1 heterocycles. The van der Waals surface area contributed by atoms with E-state index in [1.54, 1.807) is 0 Å². The number of nitro groups is 2. The van der Waals surface area contributed by atoms with Gasteiger partial charge >= 0.3 is 0 Å². The molecule has 1 aromatic heterocycles. The fraction of sp³-hybridized carbons (Fsp3) is 0.364. The van der Waals surface area contributed by atoms with Crippen LogP contribution in [0.3, 0.4) is 0 Å². The minimum atomic E-state index is -0.698. The third-order valence-electron chi connectivity index (χ3n) is 4.91. The fourth-order valence-corrected chi connectivity index (χ4v) is 3.00. The molecule has 2 aromatic carbocycles. The van der Waals surface area contributed by atoms with Crippen molar-refractivity contribution >= 4 is 11.4 Å². The van der Waals surface area contributed by atoms with Gasteiger partial charge in [-0.15, -0.1) is 10.2 Å². The van der Waals surface area contributed by atoms with E-state index in [-0.39, 0.29) is 28.2 Å². The molecule has 0 aliphatic heterocycles. The maximum Gasteiger partial charge on any atom is 0.277 e. The van der Waals surface area contributed by atoms with E-state index in [4.69, 9.17) is 4.42 Å². The van der Waals surface area contributed by atoms with Gasteiger partial charge in [0.1, 0.15) is 0 Å². The lowest BCUT2D eigenvalue weighted by atomic mass is 9.79. The zero-order chi connectivity index (χ0) is 23.1. The third-order valence-corrected chi connectivity index (χ3v) is 4.91. The molecule has 0 amide bonds. The van der Waals surface area contributed by atoms with Crippen molar-refractivity contribution in [2.75, 3.05) is 0 Å². The minimum absolute atomic E-state index is 0.0275. The van der Waals surface area contributed by atoms with Crippen LogP contribution >= 0.6 is 0 Å². The number of rotatable bonds is 4. The van der Waals surface area contributed by atoms with Crippen molar-refractivity contribution in [2.45, 2.75) is 52.4 Å². The number of nitro benzene ring substituents is 2. The van der Waals surface area contributed by atoms with Crippen molar-refractivity contribution in [3.05, 3.63) is 67.8 Å². The maximum atomic E-state index is 11.2. The van der Waals surface area contributed by atoms with E-state index in [0.29, 0.717) is 0 Å². The lowest BCUT2D eigenvalue weighted by Crippen LogP contribution is -2.16. The smallest absolute Gasteiger partial charge is 0.277 e. The normalized spacial score (nSPS) is 12.1. The molecule has 9 heteroatoms. The molecular formula is C22H24N4O5. The largest absolute Gasteiger partial charge is 0.416 e. The molecule has 0 saturated carbocycles. The highest BCUT2D eigenvalue weighted by Gasteiger charge is 2.24. The molecule has 3 aromatic rings. The van der Waals surface area contributed by atoms with Crippen molar-refractivity contribution in [1.29, 1.82) is 0 Å². The van der Waals surface area contributed by atoms with Gasteiger partial charge in [0.15, 0.2) is 0 Å². The van der Waals surface area contributed by atoms with Gasteiger partial charge < -0.3 is 4.42 Å². The van der Waals surface area contributed by atoms with Crippen LogP contribution < -0.4 is 0 Å². The third kappa shape index (κ3) is 4.76. The average Bonchev–Trinajstić information content (AvgIpc) is 3.16. The van der Waals surface area contributed by atoms with Crippen LogP contribution in [0.4, 0.5) is 11.4 Å². The van der Waals surface area contributed by atoms with Gasteiger partial charge in [-0.1, -0.05) is 47.6 Å². The van der Waals surface area contributed by atoms with Crippen LogP contribution in [0.25, 0.3) is 22.9 Å². The summed E-state index contributed by atoms with van der Waals surface area (Å²) in [6.45, 7) is 12.7. The highest BCUT2D eigenvalue weighted by molar-refractivity contribution is 5.65. The van der Waals surface area contributed by atoms with E-state index in [0.717, 1.165) is 22.8 Å². The standard InChI is InChI=1S/C22H24N4O5/c1-21(2,3)15-7-13(8-16(11-15)22(4,5)6)19-23-24-20(31-19)14-9-17(25(27)28)12-18(10-14)26(29)30/h7-12H,1-6H3. The van der Waals surface area contributed by atoms with Crippen LogP contribution in [-0.2, 0) is 10.8 Å². The van der Waals surface area contributed by atoms with Crippen molar-refractivity contribution in [2.24, 2.45) is 0 Å². The summed E-state index contributed by atoms with van der Waals surface area (Å²) in [5, 5.41) is 30.4. The van der Waals surface area contributed by atoms with E-state index in [9.17, 15) is 20.2 Å². The minimum Gasteiger partial charge on any atom is -0.416 e. The first kappa shape index (κ1) is 22.1. The predicted molar refractivity (Wildman–Crippen MR) is 116 cm³/mol. The lowest BCUT2D eigenvalue weighted by Gasteiger charge is -2.25. The maximum absolute atomic E-state index is 11.2. The Hall–Kier alpha value is -3.62. The molecule has 31 heavy (non-hydrogen) atoms. The Morgan fingerprint density at radius 3 is 1.42 bits per heavy atom. The van der Waals surface area contributed by atoms with Crippen molar-refractivity contribution in [3.8, 4) is 22.9 Å². The quantitative estimate of drug-likeness (QED) is 0.382. The molecule has 0 aliphatic carbocycles. The van der Waals surface area contributed by atoms with Gasteiger partial charge in [0.2, 0.25) is 11.8 Å². The van der Waals surface area contributed by atoms with Crippen LogP contribution in [0.1, 0.15) is 52.7 Å². The van der Waals surface area contributed by atoms with Crippen molar-refractivity contribution in [3.63, 3.8) is 0 Å². The van der Waals surface area contributed by atoms with Gasteiger partial charge in [-0.2, -0.15) is 0 Å². The summed E-state index contributed by atoms with van der Waals surface area (Å²) in [7, 11) is 0. The molecule has 162 valence electrons. The monoisotopic (exact) mass is 424 g/mol. The first-order valence-corrected chi connectivity index (χ1v) is 9.70. The van der Waals surface area contributed by atoms with Gasteiger partial charge in [-0.3, -0.25) is 20.2 Å². The summed E-state index contributed by atoms with van der Waals surface area (Å²) in [4.78, 5) is 20.9. The second-order valence-corrected chi connectivity index (χ2v) is 9.46. The molecule has 0 bridgehead atoms. The number of aromatic nitrogens is 2. The molecule has 0 fully saturated rings. The van der Waals surface area contributed by atoms with E-state index in [1.165, 1.54) is 12.1 Å². The fourth-order valence-electron chi connectivity index (χ4n) is 3.00. The molecule has 3 rings (SSSR count). The lowest BCUT2D eigenvalue weighted by molar-refractivity contribution is -0.394. The predicted octanol–water partition coefficient (Wildman–Crippen LogP) is 5.82. The van der Waals surface area contributed by atoms with Crippen LogP contribution in [0.2, 0.25) is 0 Å². The summed E-state index contributed by atoms with van der Waals surface area (Å²) < 4.78 is 5.79. The van der Waals surface area contributed by atoms with Crippen LogP contribution in [0, 0.1) is 20.2 Å². The highest BCUT2D eigenvalue weighted by atomic mass is 16.6. The number of hydrogen-bond acceptors (Lipinski definition) is 7. The first-order valence-electron chi connectivity index (χ1n) is 9.70. The molecule has 0 unspecified atom stereocenters. The van der Waals surface area contributed by atoms with Crippen LogP contribution in [0.5, 0.6) is 0 Å². The zero-order valence-corrected chi connectivity index (χ0v) is 18.3. The second-order valence-electron chi connectivity index (χ2n) is 9.46. The van der Waals surface area contributed by atoms with E-state index >= 15 is 0 Å². The van der Waals surface area contributed by atoms with Crippen molar-refractivity contribution < 1.29 is 14.3 Å². The number of hydrogen-bond donors (Lipinski definition) is 0. The Balaban J connectivity index is 2.13. The Morgan fingerprint density at radius 2 is 1.06 bits per heavy atom. The number of benzene rings is 2. The zero-order valence-electron chi connectivity index (χ0n) is 18.3. The molecule has 0 N–H and O–H groups in total. The summed E-state index contributed by atoms with van der Waals surface area (Å²) in [6, 6.07) is 9.35. The van der Waals surface area contributed by atoms with E-state index < -0.39 is 21.2 Å². The van der Waals surface area contributed by atoms with Crippen molar-refractivity contribution in [1.82, 2.24) is 10.2 Å². The SMILES string of the molecule is CC(C)(C)c1cc(-c2nnc(-c3cc([N+](=O)[O-])cc([N+](=O)[O-])c3)o2)cc(C(C)(C)C)c1. The van der Waals surface area contributed by atoms with Gasteiger partial charge in [0.05, 0.1) is 21.5 Å². The molecular weight excluding hydrogens is 400 g/mol. The van der Waals surface area contributed by atoms with Crippen LogP contribution in [-0.4, -0.2) is 20.0 Å². The summed E-state index contributed by atoms with van der Waals surface area (Å²) >= 11 is 0. The molecule has 0 saturated heterocycles. The number of nitrogens with zero attached hydrogens (tertiary/aromatic N) is 4. The Labute approximate surface area is 179 Å². The molecule has 9 nitrogen and oxygen atoms in total. The number of non-ortho nitro benzene ring substituents is 2. The Kier molecular flexibility index (Phi) is 5.39. The van der Waals surface area contributed by atoms with E-state index in [2.05, 4.69) is 57.8 Å². The summed E-state index contributed by atoms with van der Waals surface area (Å²) in [5.74, 6) is 0.209. The summed E-state index contributed by atoms with van der Waals surface area (Å²) in [5.41, 5.74) is 1.96. The van der Waals surface area contributed by atoms with Crippen LogP contribution in [0.15, 0.2) is 40.8 Å². The van der Waals surface area contributed by atoms with Gasteiger partial charge in [-0.25, -0.2) is 0 Å². The first-order chi connectivity index (χ1) is 14.3. The van der Waals surface area contributed by atoms with Gasteiger partial charge in [0, 0.05) is 17.7 Å². The topological polar surface area (TPSA) is 125 Å². The Morgan fingerprint density at radius 1 is 0.677 bits per heavy atom. The molecule has 0 spiro atoms. The highest BCUT2D eigenvalue weighted by Crippen LogP contribution is 2.35. The van der Waals surface area contributed by atoms with E-state index in [1.807, 2.05) is 12.1 Å². The second kappa shape index (κ2) is 7.57. The van der Waals surface area contributed by atoms with Gasteiger partial charge in [0.25, 0.3) is 11.4 Å². The summed E-state index contributed by atoms with van der Waals surface area (Å²) in [6.07, 6.45) is 0. The Bertz CT molecular complexity index is 1100.